The van der Waals surface area contributed by atoms with Crippen molar-refractivity contribution in [1.82, 2.24) is 4.90 Å². The van der Waals surface area contributed by atoms with E-state index in [1.807, 2.05) is 0 Å². The van der Waals surface area contributed by atoms with Crippen LogP contribution in [0.25, 0.3) is 0 Å². The summed E-state index contributed by atoms with van der Waals surface area (Å²) < 4.78 is 0. The minimum atomic E-state index is 0.906. The van der Waals surface area contributed by atoms with Gasteiger partial charge >= 0.3 is 0 Å². The van der Waals surface area contributed by atoms with Crippen LogP contribution in [-0.4, -0.2) is 24.5 Å². The van der Waals surface area contributed by atoms with E-state index in [9.17, 15) is 0 Å². The lowest BCUT2D eigenvalue weighted by Crippen LogP contribution is -2.29. The molecule has 1 saturated carbocycles. The van der Waals surface area contributed by atoms with Crippen molar-refractivity contribution < 1.29 is 0 Å². The fourth-order valence-corrected chi connectivity index (χ4v) is 3.83. The van der Waals surface area contributed by atoms with E-state index in [1.165, 1.54) is 64.6 Å². The smallest absolute Gasteiger partial charge is 0.00160 e. The normalized spacial score (nSPS) is 32.4. The molecular formula is C15H29N. The van der Waals surface area contributed by atoms with Gasteiger partial charge in [-0.25, -0.2) is 0 Å². The van der Waals surface area contributed by atoms with E-state index < -0.39 is 0 Å². The number of likely N-dealkylation sites (tertiary alicyclic amines) is 1. The molecule has 94 valence electrons. The van der Waals surface area contributed by atoms with E-state index >= 15 is 0 Å². The van der Waals surface area contributed by atoms with Crippen molar-refractivity contribution in [2.45, 2.75) is 58.8 Å². The van der Waals surface area contributed by atoms with Gasteiger partial charge in [-0.3, -0.25) is 0 Å². The fraction of sp³-hybridized carbons (Fsp3) is 1.00. The third-order valence-electron chi connectivity index (χ3n) is 4.84. The average Bonchev–Trinajstić information content (AvgIpc) is 2.79. The Hall–Kier alpha value is -0.0400. The molecule has 2 fully saturated rings. The van der Waals surface area contributed by atoms with Crippen molar-refractivity contribution >= 4 is 0 Å². The van der Waals surface area contributed by atoms with Crippen molar-refractivity contribution in [2.24, 2.45) is 17.8 Å². The Morgan fingerprint density at radius 3 is 2.38 bits per heavy atom. The molecule has 2 rings (SSSR count). The third kappa shape index (κ3) is 3.23. The number of nitrogens with zero attached hydrogens (tertiary/aromatic N) is 1. The van der Waals surface area contributed by atoms with Gasteiger partial charge in [0.05, 0.1) is 0 Å². The van der Waals surface area contributed by atoms with Crippen molar-refractivity contribution in [3.8, 4) is 0 Å². The lowest BCUT2D eigenvalue weighted by molar-refractivity contribution is 0.154. The van der Waals surface area contributed by atoms with E-state index in [0.29, 0.717) is 0 Å². The molecule has 0 amide bonds. The molecule has 1 saturated heterocycles. The van der Waals surface area contributed by atoms with E-state index in [1.54, 1.807) is 0 Å². The van der Waals surface area contributed by atoms with E-state index in [4.69, 9.17) is 0 Å². The summed E-state index contributed by atoms with van der Waals surface area (Å²) in [6.07, 6.45) is 10.4. The molecule has 1 heterocycles. The Balaban J connectivity index is 1.76. The number of rotatable bonds is 4. The molecule has 1 nitrogen and oxygen atoms in total. The molecule has 2 atom stereocenters. The summed E-state index contributed by atoms with van der Waals surface area (Å²) in [5.41, 5.74) is 0. The summed E-state index contributed by atoms with van der Waals surface area (Å²) in [5, 5.41) is 0. The van der Waals surface area contributed by atoms with Crippen LogP contribution in [-0.2, 0) is 0 Å². The Kier molecular flexibility index (Phi) is 4.69. The van der Waals surface area contributed by atoms with Crippen molar-refractivity contribution in [2.75, 3.05) is 19.6 Å². The Bertz CT molecular complexity index is 194. The largest absolute Gasteiger partial charge is 0.303 e. The van der Waals surface area contributed by atoms with Crippen LogP contribution in [0.2, 0.25) is 0 Å². The predicted molar refractivity (Wildman–Crippen MR) is 70.6 cm³/mol. The fourth-order valence-electron chi connectivity index (χ4n) is 3.83. The van der Waals surface area contributed by atoms with Crippen molar-refractivity contribution in [3.63, 3.8) is 0 Å². The highest BCUT2D eigenvalue weighted by Gasteiger charge is 2.27. The highest BCUT2D eigenvalue weighted by Crippen LogP contribution is 2.37. The summed E-state index contributed by atoms with van der Waals surface area (Å²) in [7, 11) is 0. The SMILES string of the molecule is CC(C)C1CCCCC1CCN1CCCC1. The molecule has 0 aromatic rings. The van der Waals surface area contributed by atoms with E-state index in [-0.39, 0.29) is 0 Å². The highest BCUT2D eigenvalue weighted by atomic mass is 15.1. The van der Waals surface area contributed by atoms with Crippen LogP contribution in [0.5, 0.6) is 0 Å². The van der Waals surface area contributed by atoms with Gasteiger partial charge in [0.15, 0.2) is 0 Å². The Morgan fingerprint density at radius 2 is 1.69 bits per heavy atom. The first kappa shape index (κ1) is 12.4. The first-order valence-corrected chi connectivity index (χ1v) is 7.49. The van der Waals surface area contributed by atoms with Gasteiger partial charge in [0.1, 0.15) is 0 Å². The number of hydrogen-bond acceptors (Lipinski definition) is 1. The molecule has 0 N–H and O–H groups in total. The first-order chi connectivity index (χ1) is 7.77. The predicted octanol–water partition coefficient (Wildman–Crippen LogP) is 3.93. The van der Waals surface area contributed by atoms with Crippen LogP contribution in [0.1, 0.15) is 58.8 Å². The first-order valence-electron chi connectivity index (χ1n) is 7.49. The van der Waals surface area contributed by atoms with Crippen LogP contribution in [0.3, 0.4) is 0 Å². The van der Waals surface area contributed by atoms with Gasteiger partial charge in [-0.1, -0.05) is 33.1 Å². The summed E-state index contributed by atoms with van der Waals surface area (Å²) >= 11 is 0. The lowest BCUT2D eigenvalue weighted by Gasteiger charge is -2.35. The van der Waals surface area contributed by atoms with Gasteiger partial charge in [-0.2, -0.15) is 0 Å². The molecule has 0 spiro atoms. The van der Waals surface area contributed by atoms with Crippen LogP contribution in [0, 0.1) is 17.8 Å². The number of hydrogen-bond donors (Lipinski definition) is 0. The quantitative estimate of drug-likeness (QED) is 0.698. The van der Waals surface area contributed by atoms with Gasteiger partial charge in [0.25, 0.3) is 0 Å². The minimum Gasteiger partial charge on any atom is -0.303 e. The Labute approximate surface area is 102 Å². The van der Waals surface area contributed by atoms with Gasteiger partial charge in [0.2, 0.25) is 0 Å². The molecule has 1 aliphatic heterocycles. The minimum absolute atomic E-state index is 0.906. The van der Waals surface area contributed by atoms with E-state index in [0.717, 1.165) is 17.8 Å². The standard InChI is InChI=1S/C15H29N/c1-13(2)15-8-4-3-7-14(15)9-12-16-10-5-6-11-16/h13-15H,3-12H2,1-2H3. The van der Waals surface area contributed by atoms with Crippen molar-refractivity contribution in [1.29, 1.82) is 0 Å². The van der Waals surface area contributed by atoms with Crippen LogP contribution in [0.15, 0.2) is 0 Å². The molecule has 1 heteroatoms. The third-order valence-corrected chi connectivity index (χ3v) is 4.84. The molecule has 2 aliphatic rings. The maximum Gasteiger partial charge on any atom is -0.00160 e. The second-order valence-electron chi connectivity index (χ2n) is 6.29. The molecule has 0 radical (unpaired) electrons. The van der Waals surface area contributed by atoms with Crippen LogP contribution < -0.4 is 0 Å². The Morgan fingerprint density at radius 1 is 1.00 bits per heavy atom. The van der Waals surface area contributed by atoms with Crippen LogP contribution >= 0.6 is 0 Å². The monoisotopic (exact) mass is 223 g/mol. The van der Waals surface area contributed by atoms with E-state index in [2.05, 4.69) is 18.7 Å². The van der Waals surface area contributed by atoms with Crippen LogP contribution in [0.4, 0.5) is 0 Å². The molecular weight excluding hydrogens is 194 g/mol. The topological polar surface area (TPSA) is 3.24 Å². The van der Waals surface area contributed by atoms with Gasteiger partial charge in [0, 0.05) is 0 Å². The molecule has 16 heavy (non-hydrogen) atoms. The molecule has 0 aromatic carbocycles. The molecule has 0 aromatic heterocycles. The second kappa shape index (κ2) is 6.05. The maximum absolute atomic E-state index is 2.69. The average molecular weight is 223 g/mol. The molecule has 0 bridgehead atoms. The maximum atomic E-state index is 2.69. The molecule has 2 unspecified atom stereocenters. The lowest BCUT2D eigenvalue weighted by atomic mass is 9.72. The summed E-state index contributed by atoms with van der Waals surface area (Å²) in [6, 6.07) is 0. The zero-order chi connectivity index (χ0) is 11.4. The van der Waals surface area contributed by atoms with Gasteiger partial charge < -0.3 is 4.90 Å². The van der Waals surface area contributed by atoms with Gasteiger partial charge in [-0.15, -0.1) is 0 Å². The highest BCUT2D eigenvalue weighted by molar-refractivity contribution is 4.79. The van der Waals surface area contributed by atoms with Crippen molar-refractivity contribution in [3.05, 3.63) is 0 Å². The second-order valence-corrected chi connectivity index (χ2v) is 6.29. The zero-order valence-corrected chi connectivity index (χ0v) is 11.3. The summed E-state index contributed by atoms with van der Waals surface area (Å²) in [6.45, 7) is 8.99. The zero-order valence-electron chi connectivity index (χ0n) is 11.3. The summed E-state index contributed by atoms with van der Waals surface area (Å²) in [5.74, 6) is 2.97. The summed E-state index contributed by atoms with van der Waals surface area (Å²) in [4.78, 5) is 2.69. The van der Waals surface area contributed by atoms with Gasteiger partial charge in [-0.05, 0) is 63.1 Å². The molecule has 1 aliphatic carbocycles.